The van der Waals surface area contributed by atoms with Crippen molar-refractivity contribution in [1.82, 2.24) is 16.0 Å². The lowest BCUT2D eigenvalue weighted by Gasteiger charge is -2.12. The van der Waals surface area contributed by atoms with Crippen LogP contribution in [0.5, 0.6) is 0 Å². The number of carbonyl (C=O) groups excluding carboxylic acids is 2. The van der Waals surface area contributed by atoms with E-state index in [-0.39, 0.29) is 25.5 Å². The van der Waals surface area contributed by atoms with E-state index < -0.39 is 53.9 Å². The Kier molecular flexibility index (Phi) is 6.97. The summed E-state index contributed by atoms with van der Waals surface area (Å²) in [7, 11) is 0. The second-order valence-electron chi connectivity index (χ2n) is 5.14. The van der Waals surface area contributed by atoms with Crippen molar-refractivity contribution < 1.29 is 27.2 Å². The van der Waals surface area contributed by atoms with Gasteiger partial charge in [0, 0.05) is 19.5 Å². The molecule has 24 heavy (non-hydrogen) atoms. The zero-order chi connectivity index (χ0) is 17.0. The Labute approximate surface area is 141 Å². The van der Waals surface area contributed by atoms with Gasteiger partial charge in [-0.25, -0.2) is 17.6 Å². The minimum Gasteiger partial charge on any atom is -0.353 e. The van der Waals surface area contributed by atoms with E-state index in [0.717, 1.165) is 18.2 Å². The van der Waals surface area contributed by atoms with Crippen molar-refractivity contribution in [3.63, 3.8) is 0 Å². The Morgan fingerprint density at radius 1 is 1.17 bits per heavy atom. The highest BCUT2D eigenvalue weighted by molar-refractivity contribution is 5.94. The van der Waals surface area contributed by atoms with E-state index in [1.54, 1.807) is 0 Å². The van der Waals surface area contributed by atoms with Crippen molar-refractivity contribution >= 4 is 24.2 Å². The molecule has 1 aliphatic rings. The standard InChI is InChI=1S/C14H15F4N3O2.ClH/c15-8-2-1-3-9(16)11(8)13(23)20-5-4-19-12(22)10-6-14(17,18)7-21-10;/h1-3,10,21H,4-7H2,(H,19,22)(H,20,23);1H. The zero-order valence-electron chi connectivity index (χ0n) is 12.4. The second kappa shape index (κ2) is 8.29. The smallest absolute Gasteiger partial charge is 0.262 e. The zero-order valence-corrected chi connectivity index (χ0v) is 13.2. The minimum absolute atomic E-state index is 0. The number of rotatable bonds is 5. The molecule has 1 fully saturated rings. The van der Waals surface area contributed by atoms with Crippen LogP contribution in [-0.4, -0.2) is 43.4 Å². The molecule has 0 radical (unpaired) electrons. The summed E-state index contributed by atoms with van der Waals surface area (Å²) in [5, 5.41) is 6.99. The van der Waals surface area contributed by atoms with Crippen LogP contribution in [0, 0.1) is 11.6 Å². The molecule has 0 aliphatic carbocycles. The number of alkyl halides is 2. The highest BCUT2D eigenvalue weighted by Crippen LogP contribution is 2.24. The average Bonchev–Trinajstić information content (AvgIpc) is 2.83. The van der Waals surface area contributed by atoms with Crippen LogP contribution in [0.2, 0.25) is 0 Å². The van der Waals surface area contributed by atoms with Gasteiger partial charge in [-0.3, -0.25) is 14.9 Å². The first-order chi connectivity index (χ1) is 10.8. The van der Waals surface area contributed by atoms with E-state index >= 15 is 0 Å². The summed E-state index contributed by atoms with van der Waals surface area (Å²) >= 11 is 0. The van der Waals surface area contributed by atoms with E-state index in [2.05, 4.69) is 16.0 Å². The third-order valence-electron chi connectivity index (χ3n) is 3.33. The average molecular weight is 370 g/mol. The molecule has 1 unspecified atom stereocenters. The quantitative estimate of drug-likeness (QED) is 0.540. The van der Waals surface area contributed by atoms with Crippen molar-refractivity contribution in [2.75, 3.05) is 19.6 Å². The van der Waals surface area contributed by atoms with Crippen molar-refractivity contribution in [3.05, 3.63) is 35.4 Å². The fourth-order valence-corrected chi connectivity index (χ4v) is 2.19. The minimum atomic E-state index is -2.92. The van der Waals surface area contributed by atoms with Gasteiger partial charge >= 0.3 is 0 Å². The summed E-state index contributed by atoms with van der Waals surface area (Å²) in [6.07, 6.45) is -0.592. The molecule has 10 heteroatoms. The molecule has 1 heterocycles. The number of halogens is 5. The van der Waals surface area contributed by atoms with Gasteiger partial charge in [0.25, 0.3) is 11.8 Å². The Morgan fingerprint density at radius 2 is 1.75 bits per heavy atom. The van der Waals surface area contributed by atoms with Gasteiger partial charge in [-0.05, 0) is 12.1 Å². The lowest BCUT2D eigenvalue weighted by molar-refractivity contribution is -0.123. The van der Waals surface area contributed by atoms with Crippen LogP contribution >= 0.6 is 12.4 Å². The van der Waals surface area contributed by atoms with Crippen molar-refractivity contribution in [1.29, 1.82) is 0 Å². The van der Waals surface area contributed by atoms with Crippen LogP contribution in [0.4, 0.5) is 17.6 Å². The third-order valence-corrected chi connectivity index (χ3v) is 3.33. The van der Waals surface area contributed by atoms with Gasteiger partial charge in [0.1, 0.15) is 17.2 Å². The van der Waals surface area contributed by atoms with Gasteiger partial charge in [0.05, 0.1) is 12.6 Å². The van der Waals surface area contributed by atoms with E-state index in [9.17, 15) is 27.2 Å². The Morgan fingerprint density at radius 3 is 2.29 bits per heavy atom. The Balaban J connectivity index is 0.00000288. The first-order valence-corrected chi connectivity index (χ1v) is 6.91. The molecule has 2 rings (SSSR count). The summed E-state index contributed by atoms with van der Waals surface area (Å²) in [5.74, 6) is -6.49. The van der Waals surface area contributed by atoms with E-state index in [1.165, 1.54) is 0 Å². The normalized spacial score (nSPS) is 18.6. The van der Waals surface area contributed by atoms with Crippen LogP contribution in [0.1, 0.15) is 16.8 Å². The molecule has 5 nitrogen and oxygen atoms in total. The molecule has 0 bridgehead atoms. The van der Waals surface area contributed by atoms with Crippen LogP contribution in [0.3, 0.4) is 0 Å². The first-order valence-electron chi connectivity index (χ1n) is 6.91. The molecule has 1 aromatic rings. The highest BCUT2D eigenvalue weighted by atomic mass is 35.5. The molecular formula is C14H16ClF4N3O2. The first kappa shape index (κ1) is 20.2. The third kappa shape index (κ3) is 5.07. The molecule has 1 atom stereocenters. The van der Waals surface area contributed by atoms with Gasteiger partial charge in [-0.15, -0.1) is 12.4 Å². The fraction of sp³-hybridized carbons (Fsp3) is 0.429. The van der Waals surface area contributed by atoms with Crippen LogP contribution in [0.15, 0.2) is 18.2 Å². The van der Waals surface area contributed by atoms with E-state index in [4.69, 9.17) is 0 Å². The molecule has 0 spiro atoms. The van der Waals surface area contributed by atoms with E-state index in [0.29, 0.717) is 0 Å². The summed E-state index contributed by atoms with van der Waals surface area (Å²) in [6.45, 7) is -0.708. The molecule has 0 aromatic heterocycles. The number of carbonyl (C=O) groups is 2. The summed E-state index contributed by atoms with van der Waals surface area (Å²) < 4.78 is 52.6. The Hall–Kier alpha value is -1.87. The SMILES string of the molecule is Cl.O=C(NCCNC(=O)C1CC(F)(F)CN1)c1c(F)cccc1F. The largest absolute Gasteiger partial charge is 0.353 e. The molecule has 3 N–H and O–H groups in total. The maximum atomic E-state index is 13.4. The second-order valence-corrected chi connectivity index (χ2v) is 5.14. The summed E-state index contributed by atoms with van der Waals surface area (Å²) in [4.78, 5) is 23.3. The predicted molar refractivity (Wildman–Crippen MR) is 80.3 cm³/mol. The fourth-order valence-electron chi connectivity index (χ4n) is 2.19. The molecule has 1 saturated heterocycles. The van der Waals surface area contributed by atoms with Crippen molar-refractivity contribution in [3.8, 4) is 0 Å². The maximum absolute atomic E-state index is 13.4. The Bertz CT molecular complexity index is 595. The predicted octanol–water partition coefficient (Wildman–Crippen LogP) is 1.23. The summed E-state index contributed by atoms with van der Waals surface area (Å²) in [5.41, 5.74) is -0.712. The number of nitrogens with one attached hydrogen (secondary N) is 3. The van der Waals surface area contributed by atoms with E-state index in [1.807, 2.05) is 0 Å². The molecule has 134 valence electrons. The van der Waals surface area contributed by atoms with Gasteiger partial charge in [-0.2, -0.15) is 0 Å². The molecule has 1 aliphatic heterocycles. The van der Waals surface area contributed by atoms with Crippen LogP contribution < -0.4 is 16.0 Å². The molecule has 1 aromatic carbocycles. The van der Waals surface area contributed by atoms with Crippen molar-refractivity contribution in [2.24, 2.45) is 0 Å². The van der Waals surface area contributed by atoms with Gasteiger partial charge in [0.2, 0.25) is 5.91 Å². The number of amides is 2. The molecular weight excluding hydrogens is 354 g/mol. The van der Waals surface area contributed by atoms with Gasteiger partial charge in [0.15, 0.2) is 0 Å². The number of hydrogen-bond donors (Lipinski definition) is 3. The molecule has 0 saturated carbocycles. The monoisotopic (exact) mass is 369 g/mol. The van der Waals surface area contributed by atoms with Gasteiger partial charge < -0.3 is 10.6 Å². The lowest BCUT2D eigenvalue weighted by atomic mass is 10.2. The van der Waals surface area contributed by atoms with Crippen LogP contribution in [-0.2, 0) is 4.79 Å². The molecule has 2 amide bonds. The number of benzene rings is 1. The maximum Gasteiger partial charge on any atom is 0.262 e. The van der Waals surface area contributed by atoms with Gasteiger partial charge in [-0.1, -0.05) is 6.07 Å². The lowest BCUT2D eigenvalue weighted by Crippen LogP contribution is -2.43. The highest BCUT2D eigenvalue weighted by Gasteiger charge is 2.42. The number of hydrogen-bond acceptors (Lipinski definition) is 3. The van der Waals surface area contributed by atoms with Crippen LogP contribution in [0.25, 0.3) is 0 Å². The topological polar surface area (TPSA) is 70.2 Å². The van der Waals surface area contributed by atoms with Crippen molar-refractivity contribution in [2.45, 2.75) is 18.4 Å². The summed E-state index contributed by atoms with van der Waals surface area (Å²) in [6, 6.07) is 2.04.